The lowest BCUT2D eigenvalue weighted by atomic mass is 11.3. The van der Waals surface area contributed by atoms with Crippen LogP contribution in [0.25, 0.3) is 5.53 Å². The molecule has 0 saturated carbocycles. The standard InChI is InChI=1S/CH4N5/c2-1-4-6-5-3/h1H,2H3. The normalized spacial score (nSPS) is 9.50. The highest BCUT2D eigenvalue weighted by molar-refractivity contribution is 4.24. The van der Waals surface area contributed by atoms with Gasteiger partial charge in [0.2, 0.25) is 0 Å². The zero-order valence-electron chi connectivity index (χ0n) is 3.07. The Morgan fingerprint density at radius 2 is 2.33 bits per heavy atom. The first-order valence-corrected chi connectivity index (χ1v) is 1.27. The molecule has 1 radical (unpaired) electrons. The Morgan fingerprint density at radius 3 is 2.50 bits per heavy atom. The van der Waals surface area contributed by atoms with E-state index in [0.717, 1.165) is 0 Å². The van der Waals surface area contributed by atoms with Gasteiger partial charge in [-0.3, -0.25) is 10.4 Å². The van der Waals surface area contributed by atoms with E-state index in [1.54, 1.807) is 0 Å². The molecule has 0 fully saturated rings. The lowest BCUT2D eigenvalue weighted by Crippen LogP contribution is -2.43. The molecule has 5 nitrogen and oxygen atoms in total. The van der Waals surface area contributed by atoms with Crippen molar-refractivity contribution in [2.24, 2.45) is 15.6 Å². The monoisotopic (exact) mass is 86.0 g/mol. The molecule has 0 heterocycles. The van der Waals surface area contributed by atoms with E-state index in [9.17, 15) is 0 Å². The fraction of sp³-hybridized carbons (Fsp3) is 0. The second kappa shape index (κ2) is 4.16. The van der Waals surface area contributed by atoms with Crippen molar-refractivity contribution >= 4 is 0 Å². The third-order valence-corrected chi connectivity index (χ3v) is 0.173. The molecule has 0 rings (SSSR count). The van der Waals surface area contributed by atoms with E-state index in [1.165, 1.54) is 6.67 Å². The average molecular weight is 86.1 g/mol. The van der Waals surface area contributed by atoms with Crippen LogP contribution in [0.4, 0.5) is 0 Å². The number of rotatable bonds is 2. The Labute approximate surface area is 34.7 Å². The van der Waals surface area contributed by atoms with Crippen molar-refractivity contribution in [1.29, 1.82) is 0 Å². The number of nitrogens with zero attached hydrogens (tertiary/aromatic N) is 4. The first-order chi connectivity index (χ1) is 2.91. The highest BCUT2D eigenvalue weighted by atomic mass is 15.4. The largest absolute Gasteiger partial charge is 0.360 e. The van der Waals surface area contributed by atoms with Crippen LogP contribution in [0, 0.1) is 6.67 Å². The van der Waals surface area contributed by atoms with Gasteiger partial charge in [0, 0.05) is 0 Å². The van der Waals surface area contributed by atoms with Crippen molar-refractivity contribution in [3.63, 3.8) is 0 Å². The number of hydrogen-bond donors (Lipinski definition) is 1. The summed E-state index contributed by atoms with van der Waals surface area (Å²) in [5, 5.41) is 8.15. The molecule has 0 aliphatic heterocycles. The maximum absolute atomic E-state index is 7.51. The van der Waals surface area contributed by atoms with E-state index in [-0.39, 0.29) is 0 Å². The Balaban J connectivity index is 2.94. The topological polar surface area (TPSA) is 87.0 Å². The molecule has 0 saturated heterocycles. The van der Waals surface area contributed by atoms with Crippen LogP contribution in [-0.2, 0) is 0 Å². The summed E-state index contributed by atoms with van der Waals surface area (Å²) < 4.78 is 0. The number of quaternary nitrogens is 1. The van der Waals surface area contributed by atoms with Gasteiger partial charge in [0.25, 0.3) is 6.67 Å². The van der Waals surface area contributed by atoms with Gasteiger partial charge in [0.15, 0.2) is 0 Å². The Hall–Kier alpha value is -0.840. The zero-order chi connectivity index (χ0) is 4.83. The van der Waals surface area contributed by atoms with Gasteiger partial charge in [0.1, 0.15) is 0 Å². The molecule has 0 spiro atoms. The second-order valence-electron chi connectivity index (χ2n) is 0.477. The van der Waals surface area contributed by atoms with E-state index in [4.69, 9.17) is 5.53 Å². The lowest BCUT2D eigenvalue weighted by molar-refractivity contribution is -0.316. The van der Waals surface area contributed by atoms with Crippen LogP contribution in [0.1, 0.15) is 0 Å². The van der Waals surface area contributed by atoms with Gasteiger partial charge in [-0.05, 0) is 0 Å². The molecule has 0 aliphatic rings. The molecule has 0 aromatic rings. The molecule has 0 aromatic carbocycles. The highest BCUT2D eigenvalue weighted by Crippen LogP contribution is 1.70. The van der Waals surface area contributed by atoms with Crippen molar-refractivity contribution in [3.8, 4) is 0 Å². The van der Waals surface area contributed by atoms with Gasteiger partial charge in [-0.2, -0.15) is 0 Å². The van der Waals surface area contributed by atoms with Crippen molar-refractivity contribution < 1.29 is 5.73 Å². The summed E-state index contributed by atoms with van der Waals surface area (Å²) in [6.07, 6.45) is 0. The Kier molecular flexibility index (Phi) is 3.58. The van der Waals surface area contributed by atoms with E-state index >= 15 is 0 Å². The third kappa shape index (κ3) is 3.16. The molecule has 0 aromatic heterocycles. The van der Waals surface area contributed by atoms with Crippen LogP contribution in [0.5, 0.6) is 0 Å². The Bertz CT molecular complexity index is 55.0. The van der Waals surface area contributed by atoms with Crippen LogP contribution in [0.15, 0.2) is 15.6 Å². The summed E-state index contributed by atoms with van der Waals surface area (Å²) in [5.41, 5.74) is 10.7. The summed E-state index contributed by atoms with van der Waals surface area (Å²) in [7, 11) is 0. The quantitative estimate of drug-likeness (QED) is 0.354. The van der Waals surface area contributed by atoms with Crippen LogP contribution >= 0.6 is 0 Å². The molecule has 5 heteroatoms. The van der Waals surface area contributed by atoms with Crippen LogP contribution in [-0.4, -0.2) is 0 Å². The minimum atomic E-state index is 1.17. The molecule has 0 aliphatic carbocycles. The molecule has 0 atom stereocenters. The molecule has 0 bridgehead atoms. The van der Waals surface area contributed by atoms with Crippen molar-refractivity contribution in [2.75, 3.05) is 0 Å². The van der Waals surface area contributed by atoms with Crippen LogP contribution in [0.2, 0.25) is 0 Å². The number of hydrogen-bond acceptors (Lipinski definition) is 1. The van der Waals surface area contributed by atoms with Crippen LogP contribution in [0.3, 0.4) is 0 Å². The fourth-order valence-corrected chi connectivity index (χ4v) is 0.0596. The van der Waals surface area contributed by atoms with Crippen molar-refractivity contribution in [2.45, 2.75) is 0 Å². The van der Waals surface area contributed by atoms with Crippen LogP contribution < -0.4 is 5.73 Å². The SMILES string of the molecule is [N-]=NN=N[CH][NH3+]. The van der Waals surface area contributed by atoms with Gasteiger partial charge >= 0.3 is 0 Å². The van der Waals surface area contributed by atoms with E-state index < -0.39 is 0 Å². The predicted molar refractivity (Wildman–Crippen MR) is 17.8 cm³/mol. The zero-order valence-corrected chi connectivity index (χ0v) is 3.07. The first kappa shape index (κ1) is 5.16. The molecule has 0 amide bonds. The molecule has 33 valence electrons. The smallest absolute Gasteiger partial charge is 0.252 e. The van der Waals surface area contributed by atoms with E-state index in [2.05, 4.69) is 21.3 Å². The molecular weight excluding hydrogens is 82.0 g/mol. The lowest BCUT2D eigenvalue weighted by Gasteiger charge is -1.76. The molecule has 3 N–H and O–H groups in total. The first-order valence-electron chi connectivity index (χ1n) is 1.27. The maximum Gasteiger partial charge on any atom is 0.252 e. The van der Waals surface area contributed by atoms with Gasteiger partial charge in [-0.15, -0.1) is 0 Å². The summed E-state index contributed by atoms with van der Waals surface area (Å²) in [6.45, 7) is 1.17. The van der Waals surface area contributed by atoms with Crippen molar-refractivity contribution in [3.05, 3.63) is 12.2 Å². The summed E-state index contributed by atoms with van der Waals surface area (Å²) in [6, 6.07) is 0. The molecule has 6 heavy (non-hydrogen) atoms. The van der Waals surface area contributed by atoms with Gasteiger partial charge in [-0.25, -0.2) is 5.11 Å². The van der Waals surface area contributed by atoms with E-state index in [0.29, 0.717) is 0 Å². The highest BCUT2D eigenvalue weighted by Gasteiger charge is 1.54. The summed E-state index contributed by atoms with van der Waals surface area (Å²) in [5.74, 6) is 0. The van der Waals surface area contributed by atoms with Gasteiger partial charge < -0.3 is 11.3 Å². The maximum atomic E-state index is 7.51. The Morgan fingerprint density at radius 1 is 1.67 bits per heavy atom. The molecular formula is CH4N5. The summed E-state index contributed by atoms with van der Waals surface area (Å²) >= 11 is 0. The van der Waals surface area contributed by atoms with Crippen molar-refractivity contribution in [1.82, 2.24) is 0 Å². The third-order valence-electron chi connectivity index (χ3n) is 0.173. The second-order valence-corrected chi connectivity index (χ2v) is 0.477. The predicted octanol–water partition coefficient (Wildman–Crippen LogP) is -0.264. The van der Waals surface area contributed by atoms with E-state index in [1.807, 2.05) is 0 Å². The minimum Gasteiger partial charge on any atom is -0.360 e. The van der Waals surface area contributed by atoms with Gasteiger partial charge in [-0.1, -0.05) is 0 Å². The summed E-state index contributed by atoms with van der Waals surface area (Å²) in [4.78, 5) is 0. The molecule has 0 unspecified atom stereocenters. The average Bonchev–Trinajstić information content (AvgIpc) is 1.61. The van der Waals surface area contributed by atoms with Gasteiger partial charge in [0.05, 0.1) is 0 Å². The fourth-order valence-electron chi connectivity index (χ4n) is 0.0596. The minimum absolute atomic E-state index is 1.17.